The molecule has 4 rings (SSSR count). The van der Waals surface area contributed by atoms with Gasteiger partial charge < -0.3 is 4.74 Å². The van der Waals surface area contributed by atoms with Gasteiger partial charge in [-0.2, -0.15) is 9.37 Å². The number of carbonyl (C=O) groups is 1. The summed E-state index contributed by atoms with van der Waals surface area (Å²) in [6.07, 6.45) is 2.66. The topological polar surface area (TPSA) is 55.3 Å². The molecule has 0 aliphatic carbocycles. The molecule has 0 spiro atoms. The lowest BCUT2D eigenvalue weighted by molar-refractivity contribution is -0.113. The smallest absolute Gasteiger partial charge is 0.270 e. The summed E-state index contributed by atoms with van der Waals surface area (Å²) in [4.78, 5) is 22.3. The lowest BCUT2D eigenvalue weighted by Gasteiger charge is -2.15. The van der Waals surface area contributed by atoms with E-state index in [0.29, 0.717) is 20.5 Å². The maximum atomic E-state index is 13.8. The molecular formula is C22H15ClFN3O2S2. The van der Waals surface area contributed by atoms with Crippen LogP contribution >= 0.6 is 35.6 Å². The summed E-state index contributed by atoms with van der Waals surface area (Å²) in [5.74, 6) is -0.868. The van der Waals surface area contributed by atoms with Crippen LogP contribution in [0.15, 0.2) is 53.6 Å². The maximum absolute atomic E-state index is 13.8. The molecule has 0 N–H and O–H groups in total. The summed E-state index contributed by atoms with van der Waals surface area (Å²) in [6, 6.07) is 12.6. The molecule has 1 aliphatic rings. The molecule has 1 aliphatic heterocycles. The van der Waals surface area contributed by atoms with Crippen LogP contribution in [0.25, 0.3) is 6.08 Å². The number of halogens is 2. The van der Waals surface area contributed by atoms with Crippen LogP contribution in [0.5, 0.6) is 11.6 Å². The van der Waals surface area contributed by atoms with Crippen LogP contribution < -0.4 is 9.64 Å². The van der Waals surface area contributed by atoms with Crippen molar-refractivity contribution in [3.63, 3.8) is 0 Å². The van der Waals surface area contributed by atoms with Crippen molar-refractivity contribution in [2.75, 3.05) is 4.90 Å². The molecule has 9 heteroatoms. The number of aromatic nitrogens is 2. The fourth-order valence-electron chi connectivity index (χ4n) is 2.89. The number of thiocarbonyl (C=S) groups is 1. The second-order valence-electron chi connectivity index (χ2n) is 6.75. The first-order valence-corrected chi connectivity index (χ1v) is 10.7. The second-order valence-corrected chi connectivity index (χ2v) is 8.77. The van der Waals surface area contributed by atoms with E-state index in [1.165, 1.54) is 16.7 Å². The van der Waals surface area contributed by atoms with Crippen LogP contribution in [0, 0.1) is 19.7 Å². The number of amides is 1. The zero-order chi connectivity index (χ0) is 22.1. The molecule has 156 valence electrons. The Kier molecular flexibility index (Phi) is 6.04. The average Bonchev–Trinajstić information content (AvgIpc) is 3.00. The van der Waals surface area contributed by atoms with Crippen molar-refractivity contribution < 1.29 is 13.9 Å². The normalized spacial score (nSPS) is 15.1. The van der Waals surface area contributed by atoms with Gasteiger partial charge >= 0.3 is 0 Å². The van der Waals surface area contributed by atoms with E-state index in [2.05, 4.69) is 9.97 Å². The zero-order valence-corrected chi connectivity index (χ0v) is 18.8. The first-order valence-electron chi connectivity index (χ1n) is 9.13. The molecule has 0 saturated carbocycles. The molecule has 5 nitrogen and oxygen atoms in total. The molecule has 1 fully saturated rings. The molecular weight excluding hydrogens is 457 g/mol. The highest BCUT2D eigenvalue weighted by atomic mass is 35.5. The third-order valence-electron chi connectivity index (χ3n) is 4.60. The first-order chi connectivity index (χ1) is 14.8. The fourth-order valence-corrected chi connectivity index (χ4v) is 4.31. The predicted octanol–water partition coefficient (Wildman–Crippen LogP) is 6.08. The van der Waals surface area contributed by atoms with E-state index in [0.717, 1.165) is 23.0 Å². The van der Waals surface area contributed by atoms with Crippen molar-refractivity contribution in [1.29, 1.82) is 0 Å². The summed E-state index contributed by atoms with van der Waals surface area (Å²) < 4.78 is 19.8. The molecule has 3 aromatic rings. The molecule has 0 bridgehead atoms. The minimum atomic E-state index is -0.732. The lowest BCUT2D eigenvalue weighted by Crippen LogP contribution is -2.27. The molecule has 0 unspecified atom stereocenters. The Hall–Kier alpha value is -2.81. The van der Waals surface area contributed by atoms with Gasteiger partial charge in [0.2, 0.25) is 11.1 Å². The standard InChI is InChI=1S/C22H15ClFN3O2S2/c1-12-6-7-15(8-13(12)2)27-20(28)18(31-22(27)30)10-14-4-3-5-16(9-14)29-19-17(24)11-25-21(23)26-19/h3-11H,1-2H3/b18-10+. The summed E-state index contributed by atoms with van der Waals surface area (Å²) in [6.45, 7) is 4.01. The summed E-state index contributed by atoms with van der Waals surface area (Å²) in [7, 11) is 0. The quantitative estimate of drug-likeness (QED) is 0.261. The lowest BCUT2D eigenvalue weighted by atomic mass is 10.1. The number of hydrogen-bond acceptors (Lipinski definition) is 6. The molecule has 0 atom stereocenters. The fraction of sp³-hybridized carbons (Fsp3) is 0.0909. The van der Waals surface area contributed by atoms with E-state index >= 15 is 0 Å². The van der Waals surface area contributed by atoms with Crippen LogP contribution in [0.3, 0.4) is 0 Å². The number of thioether (sulfide) groups is 1. The van der Waals surface area contributed by atoms with Crippen LogP contribution in [-0.2, 0) is 4.79 Å². The molecule has 1 amide bonds. The number of aryl methyl sites for hydroxylation is 2. The Labute approximate surface area is 192 Å². The summed E-state index contributed by atoms with van der Waals surface area (Å²) in [5, 5.41) is -0.123. The maximum Gasteiger partial charge on any atom is 0.270 e. The van der Waals surface area contributed by atoms with E-state index in [1.54, 1.807) is 30.3 Å². The van der Waals surface area contributed by atoms with Crippen LogP contribution in [0.2, 0.25) is 5.28 Å². The number of benzene rings is 2. The molecule has 2 heterocycles. The monoisotopic (exact) mass is 471 g/mol. The van der Waals surface area contributed by atoms with Crippen molar-refractivity contribution in [3.8, 4) is 11.6 Å². The number of carbonyl (C=O) groups excluding carboxylic acids is 1. The molecule has 0 radical (unpaired) electrons. The number of nitrogens with zero attached hydrogens (tertiary/aromatic N) is 3. The van der Waals surface area contributed by atoms with Crippen molar-refractivity contribution in [3.05, 3.63) is 81.4 Å². The highest BCUT2D eigenvalue weighted by Crippen LogP contribution is 2.37. The number of anilines is 1. The van der Waals surface area contributed by atoms with Gasteiger partial charge in [0.15, 0.2) is 4.32 Å². The third-order valence-corrected chi connectivity index (χ3v) is 6.08. The second kappa shape index (κ2) is 8.74. The van der Waals surface area contributed by atoms with Crippen molar-refractivity contribution >= 4 is 57.6 Å². The Balaban J connectivity index is 1.59. The van der Waals surface area contributed by atoms with Crippen molar-refractivity contribution in [1.82, 2.24) is 9.97 Å². The van der Waals surface area contributed by atoms with Crippen LogP contribution in [-0.4, -0.2) is 20.2 Å². The number of hydrogen-bond donors (Lipinski definition) is 0. The zero-order valence-electron chi connectivity index (χ0n) is 16.4. The SMILES string of the molecule is Cc1ccc(N2C(=O)/C(=C\c3cccc(Oc4nc(Cl)ncc4F)c3)SC2=S)cc1C. The van der Waals surface area contributed by atoms with E-state index in [-0.39, 0.29) is 17.1 Å². The first kappa shape index (κ1) is 21.4. The van der Waals surface area contributed by atoms with Gasteiger partial charge in [0.25, 0.3) is 11.8 Å². The van der Waals surface area contributed by atoms with Gasteiger partial charge in [-0.1, -0.05) is 42.2 Å². The Morgan fingerprint density at radius 2 is 2.00 bits per heavy atom. The minimum absolute atomic E-state index is 0.123. The Morgan fingerprint density at radius 3 is 2.77 bits per heavy atom. The number of rotatable bonds is 4. The van der Waals surface area contributed by atoms with Crippen LogP contribution in [0.1, 0.15) is 16.7 Å². The third kappa shape index (κ3) is 4.61. The van der Waals surface area contributed by atoms with Crippen LogP contribution in [0.4, 0.5) is 10.1 Å². The van der Waals surface area contributed by atoms with E-state index in [9.17, 15) is 9.18 Å². The van der Waals surface area contributed by atoms with Gasteiger partial charge in [0, 0.05) is 0 Å². The minimum Gasteiger partial charge on any atom is -0.436 e. The van der Waals surface area contributed by atoms with E-state index in [1.807, 2.05) is 32.0 Å². The van der Waals surface area contributed by atoms with Gasteiger partial charge in [0.1, 0.15) is 5.75 Å². The van der Waals surface area contributed by atoms with Gasteiger partial charge in [-0.25, -0.2) is 4.98 Å². The number of ether oxygens (including phenoxy) is 1. The van der Waals surface area contributed by atoms with Gasteiger partial charge in [-0.05, 0) is 72.5 Å². The molecule has 1 aromatic heterocycles. The summed E-state index contributed by atoms with van der Waals surface area (Å²) >= 11 is 12.4. The van der Waals surface area contributed by atoms with E-state index in [4.69, 9.17) is 28.6 Å². The predicted molar refractivity (Wildman–Crippen MR) is 125 cm³/mol. The van der Waals surface area contributed by atoms with E-state index < -0.39 is 5.82 Å². The largest absolute Gasteiger partial charge is 0.436 e. The molecule has 2 aromatic carbocycles. The van der Waals surface area contributed by atoms with Gasteiger partial charge in [-0.15, -0.1) is 0 Å². The van der Waals surface area contributed by atoms with Gasteiger partial charge in [-0.3, -0.25) is 9.69 Å². The Bertz CT molecular complexity index is 1250. The Morgan fingerprint density at radius 1 is 1.19 bits per heavy atom. The summed E-state index contributed by atoms with van der Waals surface area (Å²) in [5.41, 5.74) is 3.65. The highest BCUT2D eigenvalue weighted by Gasteiger charge is 2.33. The molecule has 1 saturated heterocycles. The van der Waals surface area contributed by atoms with Crippen molar-refractivity contribution in [2.24, 2.45) is 0 Å². The average molecular weight is 472 g/mol. The molecule has 31 heavy (non-hydrogen) atoms. The van der Waals surface area contributed by atoms with Crippen molar-refractivity contribution in [2.45, 2.75) is 13.8 Å². The van der Waals surface area contributed by atoms with Gasteiger partial charge in [0.05, 0.1) is 16.8 Å². The highest BCUT2D eigenvalue weighted by molar-refractivity contribution is 8.27.